The highest BCUT2D eigenvalue weighted by atomic mass is 16.4. The summed E-state index contributed by atoms with van der Waals surface area (Å²) in [6.45, 7) is 4.68. The molecular weight excluding hydrogens is 222 g/mol. The van der Waals surface area contributed by atoms with Crippen LogP contribution in [0.5, 0.6) is 0 Å². The van der Waals surface area contributed by atoms with E-state index in [-0.39, 0.29) is 11.7 Å². The number of hydrogen-bond acceptors (Lipinski definition) is 4. The number of nitrogens with one attached hydrogen (secondary N) is 1. The summed E-state index contributed by atoms with van der Waals surface area (Å²) < 4.78 is 5.31. The van der Waals surface area contributed by atoms with Gasteiger partial charge >= 0.3 is 5.97 Å². The summed E-state index contributed by atoms with van der Waals surface area (Å²) in [5.74, 6) is 0.0850. The van der Waals surface area contributed by atoms with Crippen LogP contribution in [0.2, 0.25) is 0 Å². The summed E-state index contributed by atoms with van der Waals surface area (Å²) in [5.41, 5.74) is 0.214. The maximum absolute atomic E-state index is 10.8. The van der Waals surface area contributed by atoms with Crippen LogP contribution in [0.1, 0.15) is 41.6 Å². The van der Waals surface area contributed by atoms with Crippen molar-refractivity contribution in [2.45, 2.75) is 39.3 Å². The first kappa shape index (κ1) is 13.7. The Morgan fingerprint density at radius 2 is 2.29 bits per heavy atom. The minimum Gasteiger partial charge on any atom is -0.478 e. The molecule has 1 aromatic rings. The Balaban J connectivity index is 2.32. The second-order valence-corrected chi connectivity index (χ2v) is 4.16. The number of rotatable bonds is 7. The van der Waals surface area contributed by atoms with E-state index < -0.39 is 5.97 Å². The predicted molar refractivity (Wildman–Crippen MR) is 63.0 cm³/mol. The molecule has 1 aromatic heterocycles. The quantitative estimate of drug-likeness (QED) is 0.631. The van der Waals surface area contributed by atoms with Gasteiger partial charge in [0.1, 0.15) is 17.1 Å². The number of aliphatic hydroxyl groups is 1. The zero-order valence-corrected chi connectivity index (χ0v) is 10.2. The van der Waals surface area contributed by atoms with Crippen molar-refractivity contribution in [3.8, 4) is 0 Å². The predicted octanol–water partition coefficient (Wildman–Crippen LogP) is 1.54. The van der Waals surface area contributed by atoms with Gasteiger partial charge in [-0.15, -0.1) is 0 Å². The Kier molecular flexibility index (Phi) is 5.18. The molecule has 1 heterocycles. The summed E-state index contributed by atoms with van der Waals surface area (Å²) in [6, 6.07) is 1.54. The standard InChI is InChI=1S/C12H19NO4/c1-8(14)4-3-5-13-7-10-6-11(12(15)16)9(2)17-10/h6,8,13-14H,3-5,7H2,1-2H3,(H,15,16). The van der Waals surface area contributed by atoms with E-state index in [1.54, 1.807) is 19.9 Å². The van der Waals surface area contributed by atoms with Gasteiger partial charge in [0.2, 0.25) is 0 Å². The Bertz CT molecular complexity index is 371. The van der Waals surface area contributed by atoms with Crippen LogP contribution in [0.3, 0.4) is 0 Å². The van der Waals surface area contributed by atoms with Crippen molar-refractivity contribution >= 4 is 5.97 Å². The molecule has 0 aliphatic rings. The van der Waals surface area contributed by atoms with Gasteiger partial charge in [0.15, 0.2) is 0 Å². The van der Waals surface area contributed by atoms with Crippen molar-refractivity contribution in [3.05, 3.63) is 23.2 Å². The van der Waals surface area contributed by atoms with Crippen LogP contribution in [0.15, 0.2) is 10.5 Å². The SMILES string of the molecule is Cc1oc(CNCCCC(C)O)cc1C(=O)O. The van der Waals surface area contributed by atoms with E-state index in [1.165, 1.54) is 0 Å². The molecule has 96 valence electrons. The van der Waals surface area contributed by atoms with Crippen molar-refractivity contribution in [2.24, 2.45) is 0 Å². The molecular formula is C12H19NO4. The van der Waals surface area contributed by atoms with E-state index in [2.05, 4.69) is 5.32 Å². The van der Waals surface area contributed by atoms with E-state index >= 15 is 0 Å². The Morgan fingerprint density at radius 1 is 1.59 bits per heavy atom. The molecule has 5 nitrogen and oxygen atoms in total. The van der Waals surface area contributed by atoms with Gasteiger partial charge in [-0.2, -0.15) is 0 Å². The van der Waals surface area contributed by atoms with E-state index in [0.717, 1.165) is 19.4 Å². The van der Waals surface area contributed by atoms with Gasteiger partial charge < -0.3 is 19.9 Å². The van der Waals surface area contributed by atoms with Crippen LogP contribution in [0.25, 0.3) is 0 Å². The minimum atomic E-state index is -0.966. The van der Waals surface area contributed by atoms with E-state index in [9.17, 15) is 4.79 Å². The molecule has 0 bridgehead atoms. The fourth-order valence-electron chi connectivity index (χ4n) is 1.58. The molecule has 1 rings (SSSR count). The van der Waals surface area contributed by atoms with Crippen LogP contribution in [0.4, 0.5) is 0 Å². The molecule has 0 spiro atoms. The van der Waals surface area contributed by atoms with Crippen molar-refractivity contribution in [1.82, 2.24) is 5.32 Å². The maximum atomic E-state index is 10.8. The van der Waals surface area contributed by atoms with Gasteiger partial charge in [0, 0.05) is 0 Å². The van der Waals surface area contributed by atoms with Crippen LogP contribution in [-0.4, -0.2) is 28.8 Å². The Morgan fingerprint density at radius 3 is 2.82 bits per heavy atom. The zero-order valence-electron chi connectivity index (χ0n) is 10.2. The van der Waals surface area contributed by atoms with Gasteiger partial charge in [-0.05, 0) is 39.3 Å². The first-order valence-electron chi connectivity index (χ1n) is 5.72. The smallest absolute Gasteiger partial charge is 0.339 e. The van der Waals surface area contributed by atoms with Gasteiger partial charge in [0.25, 0.3) is 0 Å². The molecule has 0 fully saturated rings. The number of hydrogen-bond donors (Lipinski definition) is 3. The van der Waals surface area contributed by atoms with Crippen molar-refractivity contribution in [3.63, 3.8) is 0 Å². The number of carbonyl (C=O) groups is 1. The van der Waals surface area contributed by atoms with Crippen molar-refractivity contribution in [2.75, 3.05) is 6.54 Å². The third-order valence-corrected chi connectivity index (χ3v) is 2.47. The molecule has 17 heavy (non-hydrogen) atoms. The Hall–Kier alpha value is -1.33. The molecule has 0 radical (unpaired) electrons. The first-order valence-corrected chi connectivity index (χ1v) is 5.72. The first-order chi connectivity index (χ1) is 8.00. The summed E-state index contributed by atoms with van der Waals surface area (Å²) in [4.78, 5) is 10.8. The summed E-state index contributed by atoms with van der Waals surface area (Å²) >= 11 is 0. The molecule has 0 amide bonds. The highest BCUT2D eigenvalue weighted by Crippen LogP contribution is 2.14. The molecule has 0 aliphatic heterocycles. The average molecular weight is 241 g/mol. The number of aryl methyl sites for hydroxylation is 1. The normalized spacial score (nSPS) is 12.6. The number of carboxylic acids is 1. The van der Waals surface area contributed by atoms with Crippen molar-refractivity contribution in [1.29, 1.82) is 0 Å². The number of carboxylic acid groups (broad SMARTS) is 1. The molecule has 3 N–H and O–H groups in total. The van der Waals surface area contributed by atoms with E-state index in [1.807, 2.05) is 0 Å². The fourth-order valence-corrected chi connectivity index (χ4v) is 1.58. The molecule has 1 atom stereocenters. The van der Waals surface area contributed by atoms with E-state index in [4.69, 9.17) is 14.6 Å². The number of aliphatic hydroxyl groups excluding tert-OH is 1. The second kappa shape index (κ2) is 6.42. The lowest BCUT2D eigenvalue weighted by atomic mass is 10.2. The highest BCUT2D eigenvalue weighted by molar-refractivity contribution is 5.88. The lowest BCUT2D eigenvalue weighted by Crippen LogP contribution is -2.15. The summed E-state index contributed by atoms with van der Waals surface area (Å²) in [5, 5.41) is 21.0. The van der Waals surface area contributed by atoms with Gasteiger partial charge in [-0.3, -0.25) is 0 Å². The lowest BCUT2D eigenvalue weighted by molar-refractivity contribution is 0.0695. The largest absolute Gasteiger partial charge is 0.478 e. The molecule has 0 aliphatic carbocycles. The molecule has 5 heteroatoms. The maximum Gasteiger partial charge on any atom is 0.339 e. The van der Waals surface area contributed by atoms with Crippen LogP contribution < -0.4 is 5.32 Å². The van der Waals surface area contributed by atoms with Crippen LogP contribution in [-0.2, 0) is 6.54 Å². The second-order valence-electron chi connectivity index (χ2n) is 4.16. The summed E-state index contributed by atoms with van der Waals surface area (Å²) in [6.07, 6.45) is 1.36. The monoisotopic (exact) mass is 241 g/mol. The van der Waals surface area contributed by atoms with E-state index in [0.29, 0.717) is 18.1 Å². The van der Waals surface area contributed by atoms with Crippen molar-refractivity contribution < 1.29 is 19.4 Å². The van der Waals surface area contributed by atoms with Gasteiger partial charge in [-0.25, -0.2) is 4.79 Å². The molecule has 0 aromatic carbocycles. The molecule has 1 unspecified atom stereocenters. The molecule has 0 saturated heterocycles. The summed E-state index contributed by atoms with van der Waals surface area (Å²) in [7, 11) is 0. The number of aromatic carboxylic acids is 1. The topological polar surface area (TPSA) is 82.7 Å². The van der Waals surface area contributed by atoms with Gasteiger partial charge in [-0.1, -0.05) is 0 Å². The Labute approximate surface area is 100 Å². The lowest BCUT2D eigenvalue weighted by Gasteiger charge is -2.04. The molecule has 0 saturated carbocycles. The highest BCUT2D eigenvalue weighted by Gasteiger charge is 2.12. The van der Waals surface area contributed by atoms with Crippen LogP contribution in [0, 0.1) is 6.92 Å². The average Bonchev–Trinajstić information content (AvgIpc) is 2.59. The number of furan rings is 1. The minimum absolute atomic E-state index is 0.214. The zero-order chi connectivity index (χ0) is 12.8. The van der Waals surface area contributed by atoms with Gasteiger partial charge in [0.05, 0.1) is 12.6 Å². The third-order valence-electron chi connectivity index (χ3n) is 2.47. The fraction of sp³-hybridized carbons (Fsp3) is 0.583. The third kappa shape index (κ3) is 4.58. The van der Waals surface area contributed by atoms with Crippen LogP contribution >= 0.6 is 0 Å².